The monoisotopic (exact) mass is 334 g/mol. The Morgan fingerprint density at radius 2 is 1.72 bits per heavy atom. The Hall–Kier alpha value is -3.47. The molecule has 0 atom stereocenters. The molecule has 0 aliphatic heterocycles. The van der Waals surface area contributed by atoms with Crippen LogP contribution >= 0.6 is 0 Å². The molecule has 0 bridgehead atoms. The van der Waals surface area contributed by atoms with Crippen LogP contribution in [0.5, 0.6) is 5.75 Å². The van der Waals surface area contributed by atoms with Gasteiger partial charge in [0.2, 0.25) is 0 Å². The maximum absolute atomic E-state index is 10.9. The number of rotatable bonds is 5. The van der Waals surface area contributed by atoms with Crippen LogP contribution in [0.2, 0.25) is 0 Å². The van der Waals surface area contributed by atoms with Crippen molar-refractivity contribution in [3.63, 3.8) is 0 Å². The smallest absolute Gasteiger partial charge is 0.339 e. The molecule has 0 unspecified atom stereocenters. The average Bonchev–Trinajstić information content (AvgIpc) is 2.60. The van der Waals surface area contributed by atoms with Gasteiger partial charge in [-0.1, -0.05) is 36.4 Å². The number of hydrogen-bond donors (Lipinski definition) is 4. The second-order valence-corrected chi connectivity index (χ2v) is 5.71. The van der Waals surface area contributed by atoms with E-state index in [0.29, 0.717) is 12.2 Å². The lowest BCUT2D eigenvalue weighted by molar-refractivity contribution is 0.0694. The second kappa shape index (κ2) is 6.97. The number of nitrogens with one attached hydrogen (secondary N) is 1. The average molecular weight is 334 g/mol. The molecule has 5 heteroatoms. The van der Waals surface area contributed by atoms with Crippen molar-refractivity contribution < 1.29 is 15.0 Å². The highest BCUT2D eigenvalue weighted by Crippen LogP contribution is 2.24. The highest BCUT2D eigenvalue weighted by molar-refractivity contribution is 5.91. The molecule has 0 saturated carbocycles. The number of aromatic hydroxyl groups is 1. The van der Waals surface area contributed by atoms with Crippen molar-refractivity contribution in [1.82, 2.24) is 0 Å². The van der Waals surface area contributed by atoms with Crippen LogP contribution in [-0.2, 0) is 6.54 Å². The minimum atomic E-state index is -1.15. The molecule has 5 N–H and O–H groups in total. The summed E-state index contributed by atoms with van der Waals surface area (Å²) < 4.78 is 0. The van der Waals surface area contributed by atoms with Crippen LogP contribution < -0.4 is 11.1 Å². The SMILES string of the molecule is Nc1cccc(-c2ccc(CNc3ccc(C(=O)O)c(O)c3)cc2)c1. The van der Waals surface area contributed by atoms with Gasteiger partial charge in [0.25, 0.3) is 0 Å². The van der Waals surface area contributed by atoms with Crippen molar-refractivity contribution in [3.8, 4) is 16.9 Å². The Labute approximate surface area is 145 Å². The van der Waals surface area contributed by atoms with E-state index < -0.39 is 5.97 Å². The molecule has 0 heterocycles. The fourth-order valence-electron chi connectivity index (χ4n) is 2.56. The summed E-state index contributed by atoms with van der Waals surface area (Å²) in [5.41, 5.74) is 10.3. The molecule has 0 spiro atoms. The number of phenols is 1. The summed E-state index contributed by atoms with van der Waals surface area (Å²) in [6.07, 6.45) is 0. The van der Waals surface area contributed by atoms with Crippen molar-refractivity contribution in [2.75, 3.05) is 11.1 Å². The summed E-state index contributed by atoms with van der Waals surface area (Å²) in [6, 6.07) is 20.2. The van der Waals surface area contributed by atoms with E-state index in [4.69, 9.17) is 10.8 Å². The van der Waals surface area contributed by atoms with Gasteiger partial charge in [0, 0.05) is 24.0 Å². The second-order valence-electron chi connectivity index (χ2n) is 5.71. The van der Waals surface area contributed by atoms with E-state index in [1.54, 1.807) is 6.07 Å². The third kappa shape index (κ3) is 3.90. The molecule has 0 aromatic heterocycles. The molecule has 0 fully saturated rings. The summed E-state index contributed by atoms with van der Waals surface area (Å²) >= 11 is 0. The van der Waals surface area contributed by atoms with Gasteiger partial charge in [0.05, 0.1) is 0 Å². The molecule has 3 aromatic carbocycles. The number of nitrogens with two attached hydrogens (primary N) is 1. The minimum absolute atomic E-state index is 0.114. The van der Waals surface area contributed by atoms with Crippen LogP contribution in [0.1, 0.15) is 15.9 Å². The lowest BCUT2D eigenvalue weighted by Crippen LogP contribution is -2.01. The van der Waals surface area contributed by atoms with E-state index in [1.807, 2.05) is 48.5 Å². The Morgan fingerprint density at radius 1 is 0.960 bits per heavy atom. The quantitative estimate of drug-likeness (QED) is 0.530. The topological polar surface area (TPSA) is 95.6 Å². The van der Waals surface area contributed by atoms with E-state index in [0.717, 1.165) is 22.4 Å². The van der Waals surface area contributed by atoms with Crippen LogP contribution in [-0.4, -0.2) is 16.2 Å². The molecule has 0 aliphatic rings. The lowest BCUT2D eigenvalue weighted by atomic mass is 10.0. The molecule has 0 aliphatic carbocycles. The van der Waals surface area contributed by atoms with Crippen LogP contribution in [0.25, 0.3) is 11.1 Å². The normalized spacial score (nSPS) is 10.4. The molecule has 3 aromatic rings. The first kappa shape index (κ1) is 16.4. The maximum Gasteiger partial charge on any atom is 0.339 e. The first-order valence-corrected chi connectivity index (χ1v) is 7.78. The summed E-state index contributed by atoms with van der Waals surface area (Å²) in [5.74, 6) is -1.41. The first-order valence-electron chi connectivity index (χ1n) is 7.78. The van der Waals surface area contributed by atoms with Crippen LogP contribution in [0.4, 0.5) is 11.4 Å². The van der Waals surface area contributed by atoms with Gasteiger partial charge in [0.1, 0.15) is 11.3 Å². The number of carboxylic acid groups (broad SMARTS) is 1. The molecule has 126 valence electrons. The van der Waals surface area contributed by atoms with E-state index in [9.17, 15) is 9.90 Å². The van der Waals surface area contributed by atoms with Crippen molar-refractivity contribution in [1.29, 1.82) is 0 Å². The maximum atomic E-state index is 10.9. The van der Waals surface area contributed by atoms with Gasteiger partial charge in [0.15, 0.2) is 0 Å². The number of carboxylic acids is 1. The zero-order valence-electron chi connectivity index (χ0n) is 13.4. The highest BCUT2D eigenvalue weighted by Gasteiger charge is 2.09. The zero-order chi connectivity index (χ0) is 17.8. The zero-order valence-corrected chi connectivity index (χ0v) is 13.4. The van der Waals surface area contributed by atoms with Crippen LogP contribution in [0, 0.1) is 0 Å². The Balaban J connectivity index is 1.68. The fourth-order valence-corrected chi connectivity index (χ4v) is 2.56. The van der Waals surface area contributed by atoms with Gasteiger partial charge < -0.3 is 21.3 Å². The van der Waals surface area contributed by atoms with Gasteiger partial charge in [-0.25, -0.2) is 4.79 Å². The van der Waals surface area contributed by atoms with Crippen molar-refractivity contribution in [2.45, 2.75) is 6.54 Å². The summed E-state index contributed by atoms with van der Waals surface area (Å²) in [5, 5.41) is 21.8. The number of carbonyl (C=O) groups is 1. The van der Waals surface area contributed by atoms with Crippen molar-refractivity contribution >= 4 is 17.3 Å². The third-order valence-corrected chi connectivity index (χ3v) is 3.90. The predicted octanol–water partition coefficient (Wildman–Crippen LogP) is 3.95. The Morgan fingerprint density at radius 3 is 2.36 bits per heavy atom. The standard InChI is InChI=1S/C20H18N2O3/c21-16-3-1-2-15(10-16)14-6-4-13(5-7-14)12-22-17-8-9-18(20(24)25)19(23)11-17/h1-11,22-23H,12,21H2,(H,24,25). The number of benzene rings is 3. The molecule has 0 saturated heterocycles. The van der Waals surface area contributed by atoms with Gasteiger partial charge in [-0.2, -0.15) is 0 Å². The summed E-state index contributed by atoms with van der Waals surface area (Å²) in [7, 11) is 0. The molecule has 5 nitrogen and oxygen atoms in total. The van der Waals surface area contributed by atoms with E-state index >= 15 is 0 Å². The molecular weight excluding hydrogens is 316 g/mol. The van der Waals surface area contributed by atoms with E-state index in [-0.39, 0.29) is 11.3 Å². The van der Waals surface area contributed by atoms with Gasteiger partial charge in [-0.15, -0.1) is 0 Å². The molecule has 25 heavy (non-hydrogen) atoms. The Bertz CT molecular complexity index is 905. The first-order chi connectivity index (χ1) is 12.0. The Kier molecular flexibility index (Phi) is 4.57. The van der Waals surface area contributed by atoms with Crippen molar-refractivity contribution in [3.05, 3.63) is 77.9 Å². The molecular formula is C20H18N2O3. The number of nitrogen functional groups attached to an aromatic ring is 1. The molecule has 0 radical (unpaired) electrons. The third-order valence-electron chi connectivity index (χ3n) is 3.90. The largest absolute Gasteiger partial charge is 0.507 e. The summed E-state index contributed by atoms with van der Waals surface area (Å²) in [4.78, 5) is 10.9. The van der Waals surface area contributed by atoms with Crippen LogP contribution in [0.15, 0.2) is 66.7 Å². The predicted molar refractivity (Wildman–Crippen MR) is 98.7 cm³/mol. The number of aromatic carboxylic acids is 1. The number of anilines is 2. The van der Waals surface area contributed by atoms with Gasteiger partial charge in [-0.3, -0.25) is 0 Å². The number of hydrogen-bond acceptors (Lipinski definition) is 4. The van der Waals surface area contributed by atoms with E-state index in [2.05, 4.69) is 5.32 Å². The van der Waals surface area contributed by atoms with Gasteiger partial charge >= 0.3 is 5.97 Å². The van der Waals surface area contributed by atoms with Crippen molar-refractivity contribution in [2.24, 2.45) is 0 Å². The minimum Gasteiger partial charge on any atom is -0.507 e. The highest BCUT2D eigenvalue weighted by atomic mass is 16.4. The van der Waals surface area contributed by atoms with Crippen LogP contribution in [0.3, 0.4) is 0 Å². The van der Waals surface area contributed by atoms with Gasteiger partial charge in [-0.05, 0) is 41.0 Å². The lowest BCUT2D eigenvalue weighted by Gasteiger charge is -2.09. The summed E-state index contributed by atoms with van der Waals surface area (Å²) in [6.45, 7) is 0.559. The molecule has 3 rings (SSSR count). The van der Waals surface area contributed by atoms with E-state index in [1.165, 1.54) is 12.1 Å². The fraction of sp³-hybridized carbons (Fsp3) is 0.0500. The molecule has 0 amide bonds.